The van der Waals surface area contributed by atoms with Gasteiger partial charge >= 0.3 is 5.97 Å². The van der Waals surface area contributed by atoms with Crippen LogP contribution in [0.2, 0.25) is 0 Å². The molecule has 0 aliphatic heterocycles. The van der Waals surface area contributed by atoms with E-state index in [1.165, 1.54) is 4.52 Å². The van der Waals surface area contributed by atoms with Gasteiger partial charge in [0.25, 0.3) is 0 Å². The van der Waals surface area contributed by atoms with Crippen molar-refractivity contribution >= 4 is 33.4 Å². The second-order valence-electron chi connectivity index (χ2n) is 4.00. The summed E-state index contributed by atoms with van der Waals surface area (Å²) >= 11 is 3.20. The molecule has 0 aliphatic rings. The van der Waals surface area contributed by atoms with Gasteiger partial charge in [-0.1, -0.05) is 6.92 Å². The summed E-state index contributed by atoms with van der Waals surface area (Å²) in [5.41, 5.74) is 0.456. The molecule has 0 aliphatic carbocycles. The van der Waals surface area contributed by atoms with Crippen LogP contribution in [-0.4, -0.2) is 31.7 Å². The van der Waals surface area contributed by atoms with E-state index < -0.39 is 5.97 Å². The molecule has 0 aromatic carbocycles. The Kier molecular flexibility index (Phi) is 3.51. The molecule has 0 saturated carbocycles. The second-order valence-corrected chi connectivity index (χ2v) is 4.75. The van der Waals surface area contributed by atoms with Gasteiger partial charge in [0, 0.05) is 6.04 Å². The molecule has 0 radical (unpaired) electrons. The number of imidazole rings is 1. The van der Waals surface area contributed by atoms with Crippen LogP contribution in [0.5, 0.6) is 0 Å². The zero-order chi connectivity index (χ0) is 13.3. The molecular weight excluding hydrogens is 300 g/mol. The predicted octanol–water partition coefficient (Wildman–Crippen LogP) is 2.40. The molecule has 0 bridgehead atoms. The molecule has 18 heavy (non-hydrogen) atoms. The summed E-state index contributed by atoms with van der Waals surface area (Å²) in [6.45, 7) is 4.13. The van der Waals surface area contributed by atoms with Crippen molar-refractivity contribution in [2.24, 2.45) is 0 Å². The molecule has 6 nitrogen and oxygen atoms in total. The molecule has 0 saturated heterocycles. The third-order valence-electron chi connectivity index (χ3n) is 2.63. The van der Waals surface area contributed by atoms with Crippen molar-refractivity contribution in [2.75, 3.05) is 5.32 Å². The topological polar surface area (TPSA) is 79.5 Å². The van der Waals surface area contributed by atoms with Crippen LogP contribution in [0.3, 0.4) is 0 Å². The van der Waals surface area contributed by atoms with E-state index in [2.05, 4.69) is 45.2 Å². The first kappa shape index (κ1) is 12.8. The van der Waals surface area contributed by atoms with Gasteiger partial charge in [-0.05, 0) is 41.4 Å². The average molecular weight is 313 g/mol. The SMILES string of the molecule is CCC(C)Nc1ccc2nc(C(=O)O)c(Br)n2n1. The first-order valence-electron chi connectivity index (χ1n) is 5.58. The number of rotatable bonds is 4. The Bertz CT molecular complexity index is 596. The van der Waals surface area contributed by atoms with E-state index >= 15 is 0 Å². The Balaban J connectivity index is 2.44. The van der Waals surface area contributed by atoms with E-state index in [0.29, 0.717) is 22.1 Å². The fraction of sp³-hybridized carbons (Fsp3) is 0.364. The first-order chi connectivity index (χ1) is 8.52. The third kappa shape index (κ3) is 2.31. The quantitative estimate of drug-likeness (QED) is 0.906. The van der Waals surface area contributed by atoms with Crippen LogP contribution in [0.25, 0.3) is 5.65 Å². The Morgan fingerprint density at radius 1 is 1.61 bits per heavy atom. The maximum absolute atomic E-state index is 11.0. The number of nitrogens with zero attached hydrogens (tertiary/aromatic N) is 3. The van der Waals surface area contributed by atoms with Crippen LogP contribution in [-0.2, 0) is 0 Å². The summed E-state index contributed by atoms with van der Waals surface area (Å²) in [5, 5.41) is 16.5. The van der Waals surface area contributed by atoms with E-state index in [4.69, 9.17) is 5.11 Å². The Morgan fingerprint density at radius 3 is 2.94 bits per heavy atom. The highest BCUT2D eigenvalue weighted by Gasteiger charge is 2.17. The van der Waals surface area contributed by atoms with E-state index in [-0.39, 0.29) is 5.69 Å². The summed E-state index contributed by atoms with van der Waals surface area (Å²) in [4.78, 5) is 14.9. The molecule has 0 spiro atoms. The van der Waals surface area contributed by atoms with Crippen LogP contribution in [0, 0.1) is 0 Å². The number of hydrogen-bond donors (Lipinski definition) is 2. The van der Waals surface area contributed by atoms with Gasteiger partial charge in [-0.3, -0.25) is 0 Å². The minimum Gasteiger partial charge on any atom is -0.476 e. The molecule has 7 heteroatoms. The predicted molar refractivity (Wildman–Crippen MR) is 71.0 cm³/mol. The zero-order valence-electron chi connectivity index (χ0n) is 10.0. The number of halogens is 1. The van der Waals surface area contributed by atoms with Gasteiger partial charge in [-0.25, -0.2) is 14.3 Å². The van der Waals surface area contributed by atoms with Crippen LogP contribution in [0.1, 0.15) is 30.8 Å². The highest BCUT2D eigenvalue weighted by atomic mass is 79.9. The van der Waals surface area contributed by atoms with Crippen LogP contribution < -0.4 is 5.32 Å². The Hall–Kier alpha value is -1.63. The van der Waals surface area contributed by atoms with Crippen LogP contribution in [0.4, 0.5) is 5.82 Å². The number of nitrogens with one attached hydrogen (secondary N) is 1. The van der Waals surface area contributed by atoms with Crippen molar-refractivity contribution in [1.82, 2.24) is 14.6 Å². The number of aromatic carboxylic acids is 1. The average Bonchev–Trinajstić information content (AvgIpc) is 2.67. The molecule has 0 amide bonds. The molecule has 2 N–H and O–H groups in total. The number of carbonyl (C=O) groups is 1. The van der Waals surface area contributed by atoms with Gasteiger partial charge in [0.1, 0.15) is 10.4 Å². The number of anilines is 1. The van der Waals surface area contributed by atoms with Crippen molar-refractivity contribution < 1.29 is 9.90 Å². The molecule has 1 unspecified atom stereocenters. The highest BCUT2D eigenvalue weighted by molar-refractivity contribution is 9.10. The van der Waals surface area contributed by atoms with Crippen LogP contribution in [0.15, 0.2) is 16.7 Å². The smallest absolute Gasteiger partial charge is 0.357 e. The number of hydrogen-bond acceptors (Lipinski definition) is 4. The lowest BCUT2D eigenvalue weighted by atomic mass is 10.2. The maximum atomic E-state index is 11.0. The van der Waals surface area contributed by atoms with Gasteiger partial charge in [-0.2, -0.15) is 0 Å². The third-order valence-corrected chi connectivity index (χ3v) is 3.34. The monoisotopic (exact) mass is 312 g/mol. The van der Waals surface area contributed by atoms with Crippen molar-refractivity contribution in [3.63, 3.8) is 0 Å². The lowest BCUT2D eigenvalue weighted by Gasteiger charge is -2.11. The molecule has 96 valence electrons. The van der Waals surface area contributed by atoms with Gasteiger partial charge in [0.2, 0.25) is 0 Å². The lowest BCUT2D eigenvalue weighted by molar-refractivity contribution is 0.0690. The number of fused-ring (bicyclic) bond motifs is 1. The highest BCUT2D eigenvalue weighted by Crippen LogP contribution is 2.19. The summed E-state index contributed by atoms with van der Waals surface area (Å²) in [7, 11) is 0. The molecule has 1 atom stereocenters. The Morgan fingerprint density at radius 2 is 2.33 bits per heavy atom. The summed E-state index contributed by atoms with van der Waals surface area (Å²) < 4.78 is 1.81. The summed E-state index contributed by atoms with van der Waals surface area (Å²) in [6, 6.07) is 3.82. The molecule has 0 fully saturated rings. The van der Waals surface area contributed by atoms with E-state index in [9.17, 15) is 4.79 Å². The largest absolute Gasteiger partial charge is 0.476 e. The minimum absolute atomic E-state index is 0.0387. The van der Waals surface area contributed by atoms with E-state index in [0.717, 1.165) is 6.42 Å². The fourth-order valence-electron chi connectivity index (χ4n) is 1.47. The second kappa shape index (κ2) is 4.93. The van der Waals surface area contributed by atoms with Gasteiger partial charge in [0.05, 0.1) is 0 Å². The van der Waals surface area contributed by atoms with Crippen molar-refractivity contribution in [3.05, 3.63) is 22.4 Å². The molecule has 2 aromatic heterocycles. The number of carboxylic acid groups (broad SMARTS) is 1. The van der Waals surface area contributed by atoms with E-state index in [1.807, 2.05) is 0 Å². The lowest BCUT2D eigenvalue weighted by Crippen LogP contribution is -2.15. The first-order valence-corrected chi connectivity index (χ1v) is 6.37. The molecule has 2 heterocycles. The number of carboxylic acids is 1. The zero-order valence-corrected chi connectivity index (χ0v) is 11.6. The minimum atomic E-state index is -1.08. The van der Waals surface area contributed by atoms with Gasteiger partial charge in [-0.15, -0.1) is 5.10 Å². The fourth-order valence-corrected chi connectivity index (χ4v) is 1.99. The van der Waals surface area contributed by atoms with Gasteiger partial charge in [0.15, 0.2) is 11.3 Å². The number of aromatic nitrogens is 3. The molecule has 2 aromatic rings. The summed E-state index contributed by atoms with van der Waals surface area (Å²) in [6.07, 6.45) is 0.977. The van der Waals surface area contributed by atoms with Crippen molar-refractivity contribution in [3.8, 4) is 0 Å². The molecular formula is C11H13BrN4O2. The van der Waals surface area contributed by atoms with Gasteiger partial charge < -0.3 is 10.4 Å². The summed E-state index contributed by atoms with van der Waals surface area (Å²) in [5.74, 6) is -0.393. The van der Waals surface area contributed by atoms with Crippen molar-refractivity contribution in [1.29, 1.82) is 0 Å². The standard InChI is InChI=1S/C11H13BrN4O2/c1-3-6(2)13-7-4-5-8-14-9(11(17)18)10(12)16(8)15-7/h4-6H,3H2,1-2H3,(H,13,15)(H,17,18). The Labute approximate surface area is 112 Å². The van der Waals surface area contributed by atoms with Crippen LogP contribution >= 0.6 is 15.9 Å². The van der Waals surface area contributed by atoms with E-state index in [1.54, 1.807) is 12.1 Å². The normalized spacial score (nSPS) is 12.6. The molecule has 2 rings (SSSR count). The maximum Gasteiger partial charge on any atom is 0.357 e. The van der Waals surface area contributed by atoms with Crippen molar-refractivity contribution in [2.45, 2.75) is 26.3 Å².